The van der Waals surface area contributed by atoms with E-state index >= 15 is 0 Å². The van der Waals surface area contributed by atoms with Crippen molar-refractivity contribution >= 4 is 33.1 Å². The monoisotopic (exact) mass is 588 g/mol. The van der Waals surface area contributed by atoms with Gasteiger partial charge in [0.25, 0.3) is 0 Å². The average molecular weight is 589 g/mol. The predicted octanol–water partition coefficient (Wildman–Crippen LogP) is 5.61. The van der Waals surface area contributed by atoms with Crippen molar-refractivity contribution < 1.29 is 22.7 Å². The number of amides is 1. The number of likely N-dealkylation sites (tertiary alicyclic amines) is 1. The predicted molar refractivity (Wildman–Crippen MR) is 153 cm³/mol. The summed E-state index contributed by atoms with van der Waals surface area (Å²) in [6, 6.07) is -0.734. The lowest BCUT2D eigenvalue weighted by Crippen LogP contribution is -2.58. The number of pyridine rings is 1. The van der Waals surface area contributed by atoms with E-state index in [1.807, 2.05) is 4.52 Å². The van der Waals surface area contributed by atoms with Crippen molar-refractivity contribution in [1.82, 2.24) is 29.8 Å². The Morgan fingerprint density at radius 3 is 2.51 bits per heavy atom. The molecule has 0 radical (unpaired) electrons. The number of carbonyl (C=O) groups excluding carboxylic acids is 1. The molecule has 4 aromatic heterocycles. The summed E-state index contributed by atoms with van der Waals surface area (Å²) in [5, 5.41) is 8.41. The zero-order chi connectivity index (χ0) is 29.2. The summed E-state index contributed by atoms with van der Waals surface area (Å²) in [4.78, 5) is 25.5. The van der Waals surface area contributed by atoms with Crippen molar-refractivity contribution in [3.8, 4) is 11.3 Å². The van der Waals surface area contributed by atoms with E-state index in [0.29, 0.717) is 24.9 Å². The Morgan fingerprint density at radius 1 is 1.15 bits per heavy atom. The van der Waals surface area contributed by atoms with Gasteiger partial charge in [-0.25, -0.2) is 9.50 Å². The van der Waals surface area contributed by atoms with Crippen LogP contribution in [-0.2, 0) is 9.53 Å². The van der Waals surface area contributed by atoms with Gasteiger partial charge in [0, 0.05) is 41.7 Å². The number of piperidine rings is 1. The zero-order valence-electron chi connectivity index (χ0n) is 23.9. The molecular weight excluding hydrogens is 553 g/mol. The summed E-state index contributed by atoms with van der Waals surface area (Å²) in [7, 11) is 0. The van der Waals surface area contributed by atoms with E-state index < -0.39 is 24.9 Å². The van der Waals surface area contributed by atoms with E-state index in [4.69, 9.17) is 4.74 Å². The Balaban J connectivity index is 1.22. The van der Waals surface area contributed by atoms with Crippen LogP contribution in [0.15, 0.2) is 12.5 Å². The van der Waals surface area contributed by atoms with Crippen molar-refractivity contribution in [2.45, 2.75) is 77.6 Å². The maximum Gasteiger partial charge on any atom is 0.415 e. The number of morpholine rings is 1. The number of aryl methyl sites for hydroxylation is 2. The van der Waals surface area contributed by atoms with Crippen molar-refractivity contribution in [1.29, 1.82) is 0 Å². The molecule has 2 aliphatic rings. The Morgan fingerprint density at radius 2 is 1.88 bits per heavy atom. The summed E-state index contributed by atoms with van der Waals surface area (Å²) < 4.78 is 45.5. The SMILES string of the molecule is Cc1c(-c2[nH]c3sc(C4CCN(C(=O)[C@H]5CO[C@@H](C(F)(F)F)CN5)CC4)c(C)c3c2C(C)C)cn2ncnc2c1C. The van der Waals surface area contributed by atoms with E-state index in [9.17, 15) is 18.0 Å². The van der Waals surface area contributed by atoms with Gasteiger partial charge in [0.1, 0.15) is 17.2 Å². The molecule has 0 unspecified atom stereocenters. The molecule has 2 atom stereocenters. The number of aromatic nitrogens is 4. The third kappa shape index (κ3) is 4.83. The van der Waals surface area contributed by atoms with Crippen molar-refractivity contribution in [2.24, 2.45) is 0 Å². The number of aromatic amines is 1. The van der Waals surface area contributed by atoms with Gasteiger partial charge < -0.3 is 19.9 Å². The van der Waals surface area contributed by atoms with Gasteiger partial charge in [-0.3, -0.25) is 4.79 Å². The average Bonchev–Trinajstić information content (AvgIpc) is 3.65. The van der Waals surface area contributed by atoms with Crippen LogP contribution in [0.1, 0.15) is 65.7 Å². The first-order valence-electron chi connectivity index (χ1n) is 14.1. The van der Waals surface area contributed by atoms with Crippen LogP contribution in [0.4, 0.5) is 13.2 Å². The molecule has 6 heterocycles. The smallest absolute Gasteiger partial charge is 0.365 e. The van der Waals surface area contributed by atoms with E-state index in [1.165, 1.54) is 27.0 Å². The number of alkyl halides is 3. The topological polar surface area (TPSA) is 87.5 Å². The highest BCUT2D eigenvalue weighted by Crippen LogP contribution is 2.46. The fourth-order valence-corrected chi connectivity index (χ4v) is 7.81. The number of H-pyrrole nitrogens is 1. The van der Waals surface area contributed by atoms with Crippen LogP contribution in [0.5, 0.6) is 0 Å². The number of fused-ring (bicyclic) bond motifs is 2. The minimum Gasteiger partial charge on any atom is -0.365 e. The van der Waals surface area contributed by atoms with Gasteiger partial charge in [0.15, 0.2) is 11.8 Å². The Hall–Kier alpha value is -2.96. The maximum absolute atomic E-state index is 13.0. The van der Waals surface area contributed by atoms with E-state index in [2.05, 4.69) is 61.2 Å². The number of hydrogen-bond acceptors (Lipinski definition) is 6. The summed E-state index contributed by atoms with van der Waals surface area (Å²) in [5.74, 6) is 0.447. The van der Waals surface area contributed by atoms with Gasteiger partial charge in [-0.2, -0.15) is 18.3 Å². The Bertz CT molecular complexity index is 1600. The molecule has 2 saturated heterocycles. The van der Waals surface area contributed by atoms with Crippen LogP contribution < -0.4 is 5.32 Å². The number of ether oxygens (including phenoxy) is 1. The number of halogens is 3. The number of thiophene rings is 1. The molecular formula is C29H35F3N6O2S. The molecule has 8 nitrogen and oxygen atoms in total. The third-order valence-electron chi connectivity index (χ3n) is 8.79. The molecule has 0 saturated carbocycles. The molecule has 220 valence electrons. The van der Waals surface area contributed by atoms with Crippen molar-refractivity contribution in [3.63, 3.8) is 0 Å². The Labute approximate surface area is 240 Å². The third-order valence-corrected chi connectivity index (χ3v) is 10.2. The number of nitrogens with zero attached hydrogens (tertiary/aromatic N) is 4. The van der Waals surface area contributed by atoms with E-state index in [0.717, 1.165) is 40.1 Å². The normalized spacial score (nSPS) is 21.0. The van der Waals surface area contributed by atoms with E-state index in [-0.39, 0.29) is 12.5 Å². The van der Waals surface area contributed by atoms with Crippen LogP contribution in [0.2, 0.25) is 0 Å². The molecule has 6 rings (SSSR count). The summed E-state index contributed by atoms with van der Waals surface area (Å²) in [5.41, 5.74) is 8.01. The summed E-state index contributed by atoms with van der Waals surface area (Å²) in [6.45, 7) is 11.4. The van der Waals surface area contributed by atoms with E-state index in [1.54, 1.807) is 22.6 Å². The van der Waals surface area contributed by atoms with Crippen molar-refractivity contribution in [3.05, 3.63) is 39.7 Å². The van der Waals surface area contributed by atoms with Gasteiger partial charge in [0.05, 0.1) is 12.3 Å². The number of carbonyl (C=O) groups is 1. The van der Waals surface area contributed by atoms with Crippen molar-refractivity contribution in [2.75, 3.05) is 26.2 Å². The second kappa shape index (κ2) is 10.4. The van der Waals surface area contributed by atoms with Crippen LogP contribution in [0.25, 0.3) is 27.1 Å². The molecule has 1 amide bonds. The minimum absolute atomic E-state index is 0.180. The van der Waals surface area contributed by atoms with Gasteiger partial charge in [-0.15, -0.1) is 11.3 Å². The highest BCUT2D eigenvalue weighted by Gasteiger charge is 2.44. The fraction of sp³-hybridized carbons (Fsp3) is 0.552. The molecule has 4 aromatic rings. The second-order valence-electron chi connectivity index (χ2n) is 11.6. The van der Waals surface area contributed by atoms with Gasteiger partial charge >= 0.3 is 6.18 Å². The molecule has 2 aliphatic heterocycles. The largest absolute Gasteiger partial charge is 0.415 e. The highest BCUT2D eigenvalue weighted by molar-refractivity contribution is 7.19. The molecule has 12 heteroatoms. The standard InChI is InChI=1S/C29H35F3N6O2S/c1-14(2)22-23-17(5)25(41-27(23)36-24(22)19-11-38-26(34-13-35-38)16(4)15(19)3)18-6-8-37(9-7-18)28(39)20-12-40-21(10-33-20)29(30,31)32/h11,13-14,18,20-21,33,36H,6-10,12H2,1-5H3/t20-,21-/m1/s1. The maximum atomic E-state index is 13.0. The summed E-state index contributed by atoms with van der Waals surface area (Å²) >= 11 is 1.80. The minimum atomic E-state index is -4.43. The second-order valence-corrected chi connectivity index (χ2v) is 12.7. The van der Waals surface area contributed by atoms with Gasteiger partial charge in [0.2, 0.25) is 5.91 Å². The lowest BCUT2D eigenvalue weighted by Gasteiger charge is -2.37. The number of nitrogens with one attached hydrogen (secondary N) is 2. The first kappa shape index (κ1) is 28.2. The fourth-order valence-electron chi connectivity index (χ4n) is 6.41. The lowest BCUT2D eigenvalue weighted by molar-refractivity contribution is -0.229. The van der Waals surface area contributed by atoms with Crippen LogP contribution in [0.3, 0.4) is 0 Å². The van der Waals surface area contributed by atoms with Crippen LogP contribution in [-0.4, -0.2) is 75.0 Å². The first-order chi connectivity index (χ1) is 19.5. The van der Waals surface area contributed by atoms with Crippen LogP contribution >= 0.6 is 11.3 Å². The molecule has 0 bridgehead atoms. The van der Waals surface area contributed by atoms with Gasteiger partial charge in [-0.1, -0.05) is 13.8 Å². The highest BCUT2D eigenvalue weighted by atomic mass is 32.1. The number of hydrogen-bond donors (Lipinski definition) is 2. The lowest BCUT2D eigenvalue weighted by atomic mass is 9.89. The van der Waals surface area contributed by atoms with Crippen LogP contribution in [0, 0.1) is 20.8 Å². The molecule has 41 heavy (non-hydrogen) atoms. The Kier molecular flexibility index (Phi) is 7.14. The first-order valence-corrected chi connectivity index (χ1v) is 14.9. The number of rotatable bonds is 4. The van der Waals surface area contributed by atoms with Gasteiger partial charge in [-0.05, 0) is 67.7 Å². The summed E-state index contributed by atoms with van der Waals surface area (Å²) in [6.07, 6.45) is -1.01. The molecule has 0 aliphatic carbocycles. The quantitative estimate of drug-likeness (QED) is 0.324. The molecule has 2 N–H and O–H groups in total. The molecule has 0 aromatic carbocycles. The molecule has 0 spiro atoms. The zero-order valence-corrected chi connectivity index (χ0v) is 24.7. The molecule has 2 fully saturated rings.